The summed E-state index contributed by atoms with van der Waals surface area (Å²) in [5, 5.41) is 0. The summed E-state index contributed by atoms with van der Waals surface area (Å²) in [5.41, 5.74) is 1.03. The molecule has 0 bridgehead atoms. The summed E-state index contributed by atoms with van der Waals surface area (Å²) < 4.78 is 10.4. The third-order valence-electron chi connectivity index (χ3n) is 2.64. The quantitative estimate of drug-likeness (QED) is 0.582. The molecule has 1 aromatic carbocycles. The maximum absolute atomic E-state index is 11.8. The van der Waals surface area contributed by atoms with Gasteiger partial charge in [-0.3, -0.25) is 4.79 Å². The first-order valence-electron chi connectivity index (χ1n) is 5.14. The lowest BCUT2D eigenvalue weighted by molar-refractivity contribution is 0.0926. The first-order chi connectivity index (χ1) is 7.86. The summed E-state index contributed by atoms with van der Waals surface area (Å²) in [4.78, 5) is 11.8. The fraction of sp³-hybridized carbons (Fsp3) is 0.154. The fourth-order valence-electron chi connectivity index (χ4n) is 1.77. The van der Waals surface area contributed by atoms with Gasteiger partial charge in [0.15, 0.2) is 11.9 Å². The van der Waals surface area contributed by atoms with Gasteiger partial charge in [0.1, 0.15) is 6.10 Å². The average molecular weight is 214 g/mol. The standard InChI is InChI=1S/C13H10O3/c14-11(10-7-4-8-15-10)13-12(16-13)9-5-2-1-3-6-9/h1-8,12-13H. The van der Waals surface area contributed by atoms with E-state index in [1.54, 1.807) is 12.1 Å². The second kappa shape index (κ2) is 3.61. The Balaban J connectivity index is 1.75. The van der Waals surface area contributed by atoms with Gasteiger partial charge in [-0.15, -0.1) is 0 Å². The molecule has 1 aliphatic heterocycles. The van der Waals surface area contributed by atoms with E-state index < -0.39 is 0 Å². The lowest BCUT2D eigenvalue weighted by Crippen LogP contribution is -2.06. The van der Waals surface area contributed by atoms with Crippen molar-refractivity contribution in [3.63, 3.8) is 0 Å². The molecule has 0 radical (unpaired) electrons. The minimum Gasteiger partial charge on any atom is -0.461 e. The van der Waals surface area contributed by atoms with Gasteiger partial charge in [0.05, 0.1) is 6.26 Å². The Bertz CT molecular complexity index is 487. The molecule has 0 saturated carbocycles. The molecule has 2 unspecified atom stereocenters. The number of ketones is 1. The van der Waals surface area contributed by atoms with Crippen LogP contribution in [0.15, 0.2) is 53.1 Å². The molecule has 16 heavy (non-hydrogen) atoms. The van der Waals surface area contributed by atoms with E-state index >= 15 is 0 Å². The number of ether oxygens (including phenoxy) is 1. The number of carbonyl (C=O) groups excluding carboxylic acids is 1. The number of hydrogen-bond acceptors (Lipinski definition) is 3. The molecule has 0 aliphatic carbocycles. The van der Waals surface area contributed by atoms with Crippen LogP contribution < -0.4 is 0 Å². The molecule has 1 fully saturated rings. The summed E-state index contributed by atoms with van der Waals surface area (Å²) in [7, 11) is 0. The van der Waals surface area contributed by atoms with Crippen molar-refractivity contribution >= 4 is 5.78 Å². The van der Waals surface area contributed by atoms with Crippen LogP contribution in [0.25, 0.3) is 0 Å². The maximum Gasteiger partial charge on any atom is 0.229 e. The van der Waals surface area contributed by atoms with E-state index in [2.05, 4.69) is 0 Å². The van der Waals surface area contributed by atoms with Gasteiger partial charge in [-0.05, 0) is 17.7 Å². The number of carbonyl (C=O) groups is 1. The lowest BCUT2D eigenvalue weighted by atomic mass is 10.1. The summed E-state index contributed by atoms with van der Waals surface area (Å²) >= 11 is 0. The number of hydrogen-bond donors (Lipinski definition) is 0. The highest BCUT2D eigenvalue weighted by molar-refractivity contribution is 5.99. The Labute approximate surface area is 92.6 Å². The molecule has 2 atom stereocenters. The van der Waals surface area contributed by atoms with E-state index in [4.69, 9.17) is 9.15 Å². The number of epoxide rings is 1. The van der Waals surface area contributed by atoms with Gasteiger partial charge in [-0.1, -0.05) is 30.3 Å². The Morgan fingerprint density at radius 3 is 2.56 bits per heavy atom. The predicted molar refractivity (Wildman–Crippen MR) is 57.1 cm³/mol. The van der Waals surface area contributed by atoms with E-state index in [9.17, 15) is 4.79 Å². The first kappa shape index (κ1) is 9.36. The third kappa shape index (κ3) is 1.55. The molecule has 3 rings (SSSR count). The molecule has 1 aliphatic rings. The molecule has 0 N–H and O–H groups in total. The van der Waals surface area contributed by atoms with Crippen molar-refractivity contribution in [3.05, 3.63) is 60.1 Å². The van der Waals surface area contributed by atoms with Gasteiger partial charge < -0.3 is 9.15 Å². The van der Waals surface area contributed by atoms with Crippen LogP contribution in [0.4, 0.5) is 0 Å². The molecule has 0 amide bonds. The topological polar surface area (TPSA) is 42.7 Å². The Hall–Kier alpha value is -1.87. The highest BCUT2D eigenvalue weighted by atomic mass is 16.6. The van der Waals surface area contributed by atoms with Gasteiger partial charge in [-0.25, -0.2) is 0 Å². The average Bonchev–Trinajstić information content (AvgIpc) is 2.95. The second-order valence-electron chi connectivity index (χ2n) is 3.73. The Kier molecular flexibility index (Phi) is 2.11. The molecule has 0 spiro atoms. The molecule has 80 valence electrons. The largest absolute Gasteiger partial charge is 0.461 e. The molecular weight excluding hydrogens is 204 g/mol. The number of Topliss-reactive ketones (excluding diaryl/α,β-unsaturated/α-hetero) is 1. The molecule has 2 aromatic rings. The monoisotopic (exact) mass is 214 g/mol. The van der Waals surface area contributed by atoms with E-state index in [1.165, 1.54) is 6.26 Å². The van der Waals surface area contributed by atoms with Crippen molar-refractivity contribution in [1.29, 1.82) is 0 Å². The van der Waals surface area contributed by atoms with E-state index in [-0.39, 0.29) is 18.0 Å². The fourth-order valence-corrected chi connectivity index (χ4v) is 1.77. The van der Waals surface area contributed by atoms with Gasteiger partial charge in [0.2, 0.25) is 5.78 Å². The highest BCUT2D eigenvalue weighted by Crippen LogP contribution is 2.40. The molecular formula is C13H10O3. The Morgan fingerprint density at radius 1 is 1.06 bits per heavy atom. The summed E-state index contributed by atoms with van der Waals surface area (Å²) in [6, 6.07) is 13.1. The van der Waals surface area contributed by atoms with Crippen LogP contribution in [0.2, 0.25) is 0 Å². The Morgan fingerprint density at radius 2 is 1.88 bits per heavy atom. The lowest BCUT2D eigenvalue weighted by Gasteiger charge is -1.93. The maximum atomic E-state index is 11.8. The van der Waals surface area contributed by atoms with Crippen molar-refractivity contribution in [2.75, 3.05) is 0 Å². The molecule has 3 heteroatoms. The van der Waals surface area contributed by atoms with Crippen molar-refractivity contribution in [2.45, 2.75) is 12.2 Å². The third-order valence-corrected chi connectivity index (χ3v) is 2.64. The number of benzene rings is 1. The van der Waals surface area contributed by atoms with Crippen LogP contribution in [0, 0.1) is 0 Å². The van der Waals surface area contributed by atoms with Crippen LogP contribution >= 0.6 is 0 Å². The number of rotatable bonds is 3. The molecule has 2 heterocycles. The SMILES string of the molecule is O=C(c1ccco1)C1OC1c1ccccc1. The highest BCUT2D eigenvalue weighted by Gasteiger charge is 2.47. The van der Waals surface area contributed by atoms with Gasteiger partial charge in [0.25, 0.3) is 0 Å². The molecule has 1 aromatic heterocycles. The van der Waals surface area contributed by atoms with Crippen LogP contribution in [-0.4, -0.2) is 11.9 Å². The minimum atomic E-state index is -0.381. The normalized spacial score (nSPS) is 23.0. The van der Waals surface area contributed by atoms with Crippen molar-refractivity contribution < 1.29 is 13.9 Å². The van der Waals surface area contributed by atoms with Gasteiger partial charge in [-0.2, -0.15) is 0 Å². The van der Waals surface area contributed by atoms with Crippen LogP contribution in [0.3, 0.4) is 0 Å². The van der Waals surface area contributed by atoms with Crippen molar-refractivity contribution in [2.24, 2.45) is 0 Å². The van der Waals surface area contributed by atoms with E-state index in [1.807, 2.05) is 30.3 Å². The zero-order valence-electron chi connectivity index (χ0n) is 8.50. The van der Waals surface area contributed by atoms with Crippen LogP contribution in [0.1, 0.15) is 22.2 Å². The summed E-state index contributed by atoms with van der Waals surface area (Å²) in [6.07, 6.45) is 1.000. The van der Waals surface area contributed by atoms with Crippen molar-refractivity contribution in [3.8, 4) is 0 Å². The van der Waals surface area contributed by atoms with E-state index in [0.717, 1.165) is 5.56 Å². The predicted octanol–water partition coefficient (Wildman–Crippen LogP) is 2.60. The zero-order valence-corrected chi connectivity index (χ0v) is 8.50. The van der Waals surface area contributed by atoms with Crippen molar-refractivity contribution in [1.82, 2.24) is 0 Å². The smallest absolute Gasteiger partial charge is 0.229 e. The molecule has 1 saturated heterocycles. The van der Waals surface area contributed by atoms with Crippen LogP contribution in [0.5, 0.6) is 0 Å². The molecule has 3 nitrogen and oxygen atoms in total. The first-order valence-corrected chi connectivity index (χ1v) is 5.14. The minimum absolute atomic E-state index is 0.0844. The zero-order chi connectivity index (χ0) is 11.0. The summed E-state index contributed by atoms with van der Waals surface area (Å²) in [5.74, 6) is 0.280. The van der Waals surface area contributed by atoms with E-state index in [0.29, 0.717) is 5.76 Å². The van der Waals surface area contributed by atoms with Gasteiger partial charge >= 0.3 is 0 Å². The van der Waals surface area contributed by atoms with Crippen LogP contribution in [-0.2, 0) is 4.74 Å². The second-order valence-corrected chi connectivity index (χ2v) is 3.73. The van der Waals surface area contributed by atoms with Gasteiger partial charge in [0, 0.05) is 0 Å². The summed E-state index contributed by atoms with van der Waals surface area (Å²) in [6.45, 7) is 0. The number of furan rings is 1.